The van der Waals surface area contributed by atoms with Gasteiger partial charge in [-0.3, -0.25) is 0 Å². The van der Waals surface area contributed by atoms with Gasteiger partial charge in [0.15, 0.2) is 0 Å². The van der Waals surface area contributed by atoms with Gasteiger partial charge in [-0.05, 0) is 25.0 Å². The lowest BCUT2D eigenvalue weighted by Gasteiger charge is -2.13. The van der Waals surface area contributed by atoms with E-state index in [4.69, 9.17) is 5.11 Å². The topological polar surface area (TPSA) is 57.2 Å². The van der Waals surface area contributed by atoms with Crippen LogP contribution < -0.4 is 10.6 Å². The van der Waals surface area contributed by atoms with Crippen LogP contribution in [0, 0.1) is 5.41 Å². The van der Waals surface area contributed by atoms with E-state index in [0.29, 0.717) is 0 Å². The Morgan fingerprint density at radius 1 is 1.40 bits per heavy atom. The van der Waals surface area contributed by atoms with Crippen molar-refractivity contribution in [1.29, 1.82) is 0 Å². The van der Waals surface area contributed by atoms with Crippen molar-refractivity contribution in [3.63, 3.8) is 0 Å². The Morgan fingerprint density at radius 2 is 2.13 bits per heavy atom. The molecule has 1 aromatic heterocycles. The number of aliphatic hydroxyl groups excluding tert-OH is 1. The number of aromatic nitrogens is 1. The smallest absolute Gasteiger partial charge is 0.128 e. The van der Waals surface area contributed by atoms with Crippen LogP contribution in [0.5, 0.6) is 0 Å². The SMILES string of the molecule is CNc1cccc(NCC2(CO)CC2)n1. The van der Waals surface area contributed by atoms with Gasteiger partial charge in [-0.25, -0.2) is 4.98 Å². The lowest BCUT2D eigenvalue weighted by atomic mass is 10.1. The molecule has 0 bridgehead atoms. The third-order valence-corrected chi connectivity index (χ3v) is 2.94. The second-order valence-electron chi connectivity index (χ2n) is 4.17. The number of nitrogens with one attached hydrogen (secondary N) is 2. The van der Waals surface area contributed by atoms with E-state index >= 15 is 0 Å². The molecule has 1 heterocycles. The van der Waals surface area contributed by atoms with Gasteiger partial charge >= 0.3 is 0 Å². The van der Waals surface area contributed by atoms with Gasteiger partial charge in [0.1, 0.15) is 11.6 Å². The molecule has 0 aliphatic heterocycles. The van der Waals surface area contributed by atoms with Gasteiger partial charge in [-0.1, -0.05) is 6.07 Å². The molecule has 3 N–H and O–H groups in total. The Kier molecular flexibility index (Phi) is 2.77. The normalized spacial score (nSPS) is 17.2. The molecule has 0 aromatic carbocycles. The summed E-state index contributed by atoms with van der Waals surface area (Å²) in [4.78, 5) is 4.35. The third kappa shape index (κ3) is 2.39. The maximum absolute atomic E-state index is 9.16. The molecule has 0 saturated heterocycles. The largest absolute Gasteiger partial charge is 0.396 e. The van der Waals surface area contributed by atoms with E-state index < -0.39 is 0 Å². The van der Waals surface area contributed by atoms with Crippen LogP contribution >= 0.6 is 0 Å². The van der Waals surface area contributed by atoms with Crippen molar-refractivity contribution >= 4 is 11.6 Å². The Labute approximate surface area is 89.7 Å². The van der Waals surface area contributed by atoms with Crippen LogP contribution in [0.1, 0.15) is 12.8 Å². The van der Waals surface area contributed by atoms with Crippen molar-refractivity contribution in [2.24, 2.45) is 5.41 Å². The molecule has 4 nitrogen and oxygen atoms in total. The fourth-order valence-corrected chi connectivity index (χ4v) is 1.52. The second kappa shape index (κ2) is 4.06. The van der Waals surface area contributed by atoms with Crippen LogP contribution in [-0.4, -0.2) is 30.3 Å². The first kappa shape index (κ1) is 10.2. The van der Waals surface area contributed by atoms with Crippen molar-refractivity contribution in [2.75, 3.05) is 30.8 Å². The van der Waals surface area contributed by atoms with E-state index in [0.717, 1.165) is 31.0 Å². The number of pyridine rings is 1. The van der Waals surface area contributed by atoms with Crippen molar-refractivity contribution in [3.05, 3.63) is 18.2 Å². The standard InChI is InChI=1S/C11H17N3O/c1-12-9-3-2-4-10(14-9)13-7-11(8-15)5-6-11/h2-4,15H,5-8H2,1H3,(H2,12,13,14). The number of hydrogen-bond acceptors (Lipinski definition) is 4. The molecule has 1 aromatic rings. The molecular formula is C11H17N3O. The van der Waals surface area contributed by atoms with E-state index in [1.165, 1.54) is 0 Å². The summed E-state index contributed by atoms with van der Waals surface area (Å²) in [5, 5.41) is 15.4. The minimum Gasteiger partial charge on any atom is -0.396 e. The summed E-state index contributed by atoms with van der Waals surface area (Å²) < 4.78 is 0. The molecule has 4 heteroatoms. The molecule has 0 atom stereocenters. The van der Waals surface area contributed by atoms with Crippen molar-refractivity contribution in [3.8, 4) is 0 Å². The minimum atomic E-state index is 0.122. The molecule has 0 spiro atoms. The van der Waals surface area contributed by atoms with Crippen LogP contribution in [0.25, 0.3) is 0 Å². The lowest BCUT2D eigenvalue weighted by Crippen LogP contribution is -2.19. The maximum Gasteiger partial charge on any atom is 0.128 e. The highest BCUT2D eigenvalue weighted by atomic mass is 16.3. The molecule has 1 fully saturated rings. The Morgan fingerprint density at radius 3 is 2.73 bits per heavy atom. The quantitative estimate of drug-likeness (QED) is 0.681. The minimum absolute atomic E-state index is 0.122. The maximum atomic E-state index is 9.16. The summed E-state index contributed by atoms with van der Waals surface area (Å²) in [6, 6.07) is 5.82. The first-order chi connectivity index (χ1) is 7.28. The van der Waals surface area contributed by atoms with Crippen molar-refractivity contribution in [1.82, 2.24) is 4.98 Å². The van der Waals surface area contributed by atoms with Crippen molar-refractivity contribution in [2.45, 2.75) is 12.8 Å². The second-order valence-corrected chi connectivity index (χ2v) is 4.17. The van der Waals surface area contributed by atoms with Gasteiger partial charge < -0.3 is 15.7 Å². The van der Waals surface area contributed by atoms with Crippen LogP contribution in [-0.2, 0) is 0 Å². The molecule has 1 aliphatic carbocycles. The molecule has 2 rings (SSSR count). The van der Waals surface area contributed by atoms with E-state index in [2.05, 4.69) is 15.6 Å². The van der Waals surface area contributed by atoms with Crippen LogP contribution in [0.2, 0.25) is 0 Å². The first-order valence-corrected chi connectivity index (χ1v) is 5.28. The molecule has 0 unspecified atom stereocenters. The number of rotatable bonds is 5. The summed E-state index contributed by atoms with van der Waals surface area (Å²) in [6.45, 7) is 1.08. The Hall–Kier alpha value is -1.29. The van der Waals surface area contributed by atoms with Crippen LogP contribution in [0.15, 0.2) is 18.2 Å². The van der Waals surface area contributed by atoms with E-state index in [-0.39, 0.29) is 12.0 Å². The molecule has 82 valence electrons. The Balaban J connectivity index is 1.93. The highest BCUT2D eigenvalue weighted by molar-refractivity contribution is 5.44. The van der Waals surface area contributed by atoms with E-state index in [9.17, 15) is 0 Å². The molecule has 0 radical (unpaired) electrons. The molecule has 15 heavy (non-hydrogen) atoms. The summed E-state index contributed by atoms with van der Waals surface area (Å²) in [7, 11) is 1.85. The van der Waals surface area contributed by atoms with Gasteiger partial charge in [0.05, 0.1) is 6.61 Å². The lowest BCUT2D eigenvalue weighted by molar-refractivity contribution is 0.219. The van der Waals surface area contributed by atoms with Gasteiger partial charge in [0.2, 0.25) is 0 Å². The highest BCUT2D eigenvalue weighted by Gasteiger charge is 2.41. The molecule has 1 saturated carbocycles. The average Bonchev–Trinajstić information content (AvgIpc) is 3.07. The summed E-state index contributed by atoms with van der Waals surface area (Å²) in [5.74, 6) is 1.72. The number of nitrogens with zero attached hydrogens (tertiary/aromatic N) is 1. The van der Waals surface area contributed by atoms with Crippen molar-refractivity contribution < 1.29 is 5.11 Å². The molecule has 1 aliphatic rings. The number of aliphatic hydroxyl groups is 1. The fraction of sp³-hybridized carbons (Fsp3) is 0.545. The zero-order valence-electron chi connectivity index (χ0n) is 8.95. The van der Waals surface area contributed by atoms with Gasteiger partial charge in [0.25, 0.3) is 0 Å². The monoisotopic (exact) mass is 207 g/mol. The van der Waals surface area contributed by atoms with Crippen LogP contribution in [0.4, 0.5) is 11.6 Å². The first-order valence-electron chi connectivity index (χ1n) is 5.28. The number of anilines is 2. The molecule has 0 amide bonds. The predicted molar refractivity (Wildman–Crippen MR) is 61.0 cm³/mol. The van der Waals surface area contributed by atoms with Gasteiger partial charge in [-0.15, -0.1) is 0 Å². The summed E-state index contributed by atoms with van der Waals surface area (Å²) >= 11 is 0. The van der Waals surface area contributed by atoms with E-state index in [1.54, 1.807) is 0 Å². The van der Waals surface area contributed by atoms with Gasteiger partial charge in [0, 0.05) is 19.0 Å². The Bertz CT molecular complexity index is 336. The predicted octanol–water partition coefficient (Wildman–Crippen LogP) is 1.31. The van der Waals surface area contributed by atoms with Crippen LogP contribution in [0.3, 0.4) is 0 Å². The molecular weight excluding hydrogens is 190 g/mol. The van der Waals surface area contributed by atoms with E-state index in [1.807, 2.05) is 25.2 Å². The summed E-state index contributed by atoms with van der Waals surface area (Å²) in [5.41, 5.74) is 0.122. The highest BCUT2D eigenvalue weighted by Crippen LogP contribution is 2.44. The zero-order valence-corrected chi connectivity index (χ0v) is 8.95. The number of hydrogen-bond donors (Lipinski definition) is 3. The average molecular weight is 207 g/mol. The zero-order chi connectivity index (χ0) is 10.7. The summed E-state index contributed by atoms with van der Waals surface area (Å²) in [6.07, 6.45) is 2.23. The fourth-order valence-electron chi connectivity index (χ4n) is 1.52. The van der Waals surface area contributed by atoms with Gasteiger partial charge in [-0.2, -0.15) is 0 Å². The third-order valence-electron chi connectivity index (χ3n) is 2.94.